The number of benzene rings is 1. The predicted molar refractivity (Wildman–Crippen MR) is 77.3 cm³/mol. The molecule has 0 bridgehead atoms. The van der Waals surface area contributed by atoms with Gasteiger partial charge in [-0.05, 0) is 12.1 Å². The predicted octanol–water partition coefficient (Wildman–Crippen LogP) is 2.83. The number of carbonyl (C=O) groups excluding carboxylic acids is 2. The number of para-hydroxylation sites is 1. The molecular weight excluding hydrogens is 297 g/mol. The Kier molecular flexibility index (Phi) is 5.96. The smallest absolute Gasteiger partial charge is 0.354 e. The molecule has 0 radical (unpaired) electrons. The van der Waals surface area contributed by atoms with E-state index in [-0.39, 0.29) is 30.6 Å². The van der Waals surface area contributed by atoms with Crippen LogP contribution in [-0.2, 0) is 15.8 Å². The minimum absolute atomic E-state index is 0.0269. The molecule has 0 aliphatic rings. The average molecular weight is 316 g/mol. The first-order valence-electron chi connectivity index (χ1n) is 6.86. The van der Waals surface area contributed by atoms with Crippen LogP contribution in [0.25, 0.3) is 0 Å². The van der Waals surface area contributed by atoms with Crippen LogP contribution in [0.5, 0.6) is 0 Å². The molecule has 0 aliphatic carbocycles. The van der Waals surface area contributed by atoms with Crippen LogP contribution in [0, 0.1) is 5.92 Å². The molecule has 0 atom stereocenters. The Labute approximate surface area is 127 Å². The summed E-state index contributed by atoms with van der Waals surface area (Å²) in [6, 6.07) is 4.88. The molecule has 2 amide bonds. The molecule has 1 aromatic rings. The van der Waals surface area contributed by atoms with Crippen molar-refractivity contribution in [3.63, 3.8) is 0 Å². The van der Waals surface area contributed by atoms with Crippen molar-refractivity contribution in [2.24, 2.45) is 5.92 Å². The fraction of sp³-hybridized carbons (Fsp3) is 0.467. The van der Waals surface area contributed by atoms with Crippen molar-refractivity contribution in [3.8, 4) is 0 Å². The van der Waals surface area contributed by atoms with Gasteiger partial charge in [-0.15, -0.1) is 0 Å². The van der Waals surface area contributed by atoms with Crippen LogP contribution in [0.15, 0.2) is 24.3 Å². The first-order chi connectivity index (χ1) is 10.1. The second-order valence-corrected chi connectivity index (χ2v) is 5.13. The van der Waals surface area contributed by atoms with Gasteiger partial charge < -0.3 is 10.2 Å². The fourth-order valence-electron chi connectivity index (χ4n) is 1.89. The van der Waals surface area contributed by atoms with Crippen LogP contribution in [0.3, 0.4) is 0 Å². The highest BCUT2D eigenvalue weighted by atomic mass is 19.4. The third-order valence-electron chi connectivity index (χ3n) is 3.04. The van der Waals surface area contributed by atoms with Gasteiger partial charge in [0.15, 0.2) is 0 Å². The monoisotopic (exact) mass is 316 g/mol. The number of alkyl halides is 3. The molecule has 4 nitrogen and oxygen atoms in total. The normalized spacial score (nSPS) is 11.4. The van der Waals surface area contributed by atoms with E-state index in [1.54, 1.807) is 13.8 Å². The van der Waals surface area contributed by atoms with Crippen LogP contribution in [0.4, 0.5) is 18.9 Å². The van der Waals surface area contributed by atoms with Crippen LogP contribution in [0.2, 0.25) is 0 Å². The number of nitrogens with one attached hydrogen (secondary N) is 1. The van der Waals surface area contributed by atoms with Gasteiger partial charge >= 0.3 is 6.18 Å². The molecule has 1 N–H and O–H groups in total. The Bertz CT molecular complexity index is 542. The Morgan fingerprint density at radius 3 is 2.32 bits per heavy atom. The number of hydrogen-bond donors (Lipinski definition) is 1. The molecule has 0 fully saturated rings. The topological polar surface area (TPSA) is 49.4 Å². The first-order valence-corrected chi connectivity index (χ1v) is 6.86. The number of amides is 2. The third kappa shape index (κ3) is 4.75. The highest BCUT2D eigenvalue weighted by Crippen LogP contribution is 2.36. The second kappa shape index (κ2) is 7.29. The van der Waals surface area contributed by atoms with E-state index in [0.29, 0.717) is 0 Å². The summed E-state index contributed by atoms with van der Waals surface area (Å²) < 4.78 is 39.1. The minimum atomic E-state index is -4.55. The number of nitrogens with zero attached hydrogens (tertiary/aromatic N) is 1. The van der Waals surface area contributed by atoms with E-state index >= 15 is 0 Å². The molecule has 0 aliphatic heterocycles. The van der Waals surface area contributed by atoms with Gasteiger partial charge in [-0.2, -0.15) is 13.2 Å². The Morgan fingerprint density at radius 2 is 1.82 bits per heavy atom. The van der Waals surface area contributed by atoms with Gasteiger partial charge in [-0.25, -0.2) is 0 Å². The molecular formula is C15H19F3N2O2. The van der Waals surface area contributed by atoms with E-state index in [4.69, 9.17) is 0 Å². The maximum absolute atomic E-state index is 13.0. The summed E-state index contributed by atoms with van der Waals surface area (Å²) >= 11 is 0. The number of anilines is 1. The second-order valence-electron chi connectivity index (χ2n) is 5.13. The molecule has 22 heavy (non-hydrogen) atoms. The quantitative estimate of drug-likeness (QED) is 0.908. The Hall–Kier alpha value is -2.05. The van der Waals surface area contributed by atoms with E-state index in [9.17, 15) is 22.8 Å². The van der Waals surface area contributed by atoms with E-state index in [1.165, 1.54) is 25.1 Å². The summed E-state index contributed by atoms with van der Waals surface area (Å²) in [7, 11) is 0. The van der Waals surface area contributed by atoms with Crippen molar-refractivity contribution in [1.29, 1.82) is 0 Å². The summed E-state index contributed by atoms with van der Waals surface area (Å²) in [6.07, 6.45) is -4.55. The highest BCUT2D eigenvalue weighted by Gasteiger charge is 2.35. The summed E-state index contributed by atoms with van der Waals surface area (Å²) in [5, 5.41) is 2.58. The lowest BCUT2D eigenvalue weighted by Gasteiger charge is -2.25. The molecule has 1 aromatic carbocycles. The van der Waals surface area contributed by atoms with E-state index in [0.717, 1.165) is 11.0 Å². The van der Waals surface area contributed by atoms with E-state index < -0.39 is 17.6 Å². The summed E-state index contributed by atoms with van der Waals surface area (Å²) in [4.78, 5) is 24.2. The van der Waals surface area contributed by atoms with Gasteiger partial charge in [0.1, 0.15) is 0 Å². The van der Waals surface area contributed by atoms with Crippen molar-refractivity contribution >= 4 is 17.5 Å². The molecule has 0 spiro atoms. The SMILES string of the molecule is CC(=O)N(CCNC(=O)C(C)C)c1ccccc1C(F)(F)F. The van der Waals surface area contributed by atoms with E-state index in [2.05, 4.69) is 5.32 Å². The summed E-state index contributed by atoms with van der Waals surface area (Å²) in [6.45, 7) is 4.66. The molecule has 122 valence electrons. The lowest BCUT2D eigenvalue weighted by Crippen LogP contribution is -2.39. The lowest BCUT2D eigenvalue weighted by molar-refractivity contribution is -0.137. The van der Waals surface area contributed by atoms with Crippen LogP contribution in [-0.4, -0.2) is 24.9 Å². The van der Waals surface area contributed by atoms with E-state index in [1.807, 2.05) is 0 Å². The molecule has 0 saturated carbocycles. The summed E-state index contributed by atoms with van der Waals surface area (Å²) in [5.41, 5.74) is -1.08. The molecule has 0 aromatic heterocycles. The van der Waals surface area contributed by atoms with Gasteiger partial charge in [0.05, 0.1) is 11.3 Å². The van der Waals surface area contributed by atoms with Crippen molar-refractivity contribution in [1.82, 2.24) is 5.32 Å². The van der Waals surface area contributed by atoms with Crippen molar-refractivity contribution in [3.05, 3.63) is 29.8 Å². The minimum Gasteiger partial charge on any atom is -0.354 e. The summed E-state index contributed by atoms with van der Waals surface area (Å²) in [5.74, 6) is -0.962. The Balaban J connectivity index is 2.94. The maximum Gasteiger partial charge on any atom is 0.418 e. The number of hydrogen-bond acceptors (Lipinski definition) is 2. The largest absolute Gasteiger partial charge is 0.418 e. The van der Waals surface area contributed by atoms with Gasteiger partial charge in [-0.1, -0.05) is 26.0 Å². The van der Waals surface area contributed by atoms with Gasteiger partial charge in [0, 0.05) is 25.9 Å². The Morgan fingerprint density at radius 1 is 1.23 bits per heavy atom. The van der Waals surface area contributed by atoms with Crippen LogP contribution >= 0.6 is 0 Å². The van der Waals surface area contributed by atoms with Crippen molar-refractivity contribution < 1.29 is 22.8 Å². The van der Waals surface area contributed by atoms with Crippen molar-refractivity contribution in [2.75, 3.05) is 18.0 Å². The zero-order valence-electron chi connectivity index (χ0n) is 12.7. The third-order valence-corrected chi connectivity index (χ3v) is 3.04. The fourth-order valence-corrected chi connectivity index (χ4v) is 1.89. The number of carbonyl (C=O) groups is 2. The standard InChI is InChI=1S/C15H19F3N2O2/c1-10(2)14(22)19-8-9-20(11(3)21)13-7-5-4-6-12(13)15(16,17)18/h4-7,10H,8-9H2,1-3H3,(H,19,22). The lowest BCUT2D eigenvalue weighted by atomic mass is 10.1. The van der Waals surface area contributed by atoms with Crippen LogP contribution < -0.4 is 10.2 Å². The zero-order chi connectivity index (χ0) is 16.9. The molecule has 0 unspecified atom stereocenters. The molecule has 0 saturated heterocycles. The van der Waals surface area contributed by atoms with Crippen LogP contribution in [0.1, 0.15) is 26.3 Å². The van der Waals surface area contributed by atoms with Gasteiger partial charge in [0.25, 0.3) is 0 Å². The number of rotatable bonds is 5. The maximum atomic E-state index is 13.0. The van der Waals surface area contributed by atoms with Gasteiger partial charge in [-0.3, -0.25) is 9.59 Å². The first kappa shape index (κ1) is 18.0. The molecule has 1 rings (SSSR count). The van der Waals surface area contributed by atoms with Gasteiger partial charge in [0.2, 0.25) is 11.8 Å². The highest BCUT2D eigenvalue weighted by molar-refractivity contribution is 5.92. The number of halogens is 3. The average Bonchev–Trinajstić information content (AvgIpc) is 2.41. The zero-order valence-corrected chi connectivity index (χ0v) is 12.7. The molecule has 7 heteroatoms. The molecule has 0 heterocycles. The van der Waals surface area contributed by atoms with Crippen molar-refractivity contribution in [2.45, 2.75) is 26.9 Å².